The fourth-order valence-corrected chi connectivity index (χ4v) is 4.61. The summed E-state index contributed by atoms with van der Waals surface area (Å²) in [6.45, 7) is 3.99. The van der Waals surface area contributed by atoms with Crippen LogP contribution in [-0.4, -0.2) is 38.2 Å². The van der Waals surface area contributed by atoms with Crippen LogP contribution in [0.5, 0.6) is 17.2 Å². The monoisotopic (exact) mass is 484 g/mol. The topological polar surface area (TPSA) is 95.5 Å². The molecular formula is C28H24N2O6. The highest BCUT2D eigenvalue weighted by atomic mass is 16.7. The second-order valence-electron chi connectivity index (χ2n) is 8.29. The molecule has 0 fully saturated rings. The van der Waals surface area contributed by atoms with Crippen molar-refractivity contribution >= 4 is 23.1 Å². The van der Waals surface area contributed by atoms with Crippen molar-refractivity contribution in [3.05, 3.63) is 96.1 Å². The number of hydrogen-bond acceptors (Lipinski definition) is 7. The van der Waals surface area contributed by atoms with E-state index in [0.717, 1.165) is 0 Å². The maximum absolute atomic E-state index is 14.1. The van der Waals surface area contributed by atoms with Crippen LogP contribution in [0.2, 0.25) is 0 Å². The van der Waals surface area contributed by atoms with Crippen molar-refractivity contribution in [1.29, 1.82) is 0 Å². The maximum atomic E-state index is 14.1. The summed E-state index contributed by atoms with van der Waals surface area (Å²) in [6.07, 6.45) is 1.64. The molecule has 182 valence electrons. The van der Waals surface area contributed by atoms with Gasteiger partial charge in [-0.1, -0.05) is 36.0 Å². The standard InChI is InChI=1S/C28H24N2O6/c1-4-15-35-18-11-9-17(10-12-18)26(31)24-25(20-14-13-19(33-2)16-23(20)34-3)30-36-28(24)21-7-5-6-8-22(21)29-27(28)32/h4-14,16,24H,1,15H2,2-3H3,(H,29,32)/t24-,28-/m1/s1. The lowest BCUT2D eigenvalue weighted by molar-refractivity contribution is -0.140. The number of nitrogens with one attached hydrogen (secondary N) is 1. The van der Waals surface area contributed by atoms with Gasteiger partial charge in [-0.3, -0.25) is 9.59 Å². The lowest BCUT2D eigenvalue weighted by Gasteiger charge is -2.27. The van der Waals surface area contributed by atoms with Crippen molar-refractivity contribution in [2.45, 2.75) is 5.60 Å². The van der Waals surface area contributed by atoms with E-state index in [4.69, 9.17) is 19.0 Å². The summed E-state index contributed by atoms with van der Waals surface area (Å²) < 4.78 is 16.4. The van der Waals surface area contributed by atoms with Gasteiger partial charge >= 0.3 is 0 Å². The number of methoxy groups -OCH3 is 2. The highest BCUT2D eigenvalue weighted by Crippen LogP contribution is 2.50. The summed E-state index contributed by atoms with van der Waals surface area (Å²) in [6, 6.07) is 19.0. The number of para-hydroxylation sites is 1. The highest BCUT2D eigenvalue weighted by Gasteiger charge is 2.63. The van der Waals surface area contributed by atoms with Gasteiger partial charge in [-0.05, 0) is 42.5 Å². The Morgan fingerprint density at radius 3 is 2.56 bits per heavy atom. The van der Waals surface area contributed by atoms with Gasteiger partial charge in [0.05, 0.1) is 14.2 Å². The summed E-state index contributed by atoms with van der Waals surface area (Å²) in [4.78, 5) is 33.5. The lowest BCUT2D eigenvalue weighted by Crippen LogP contribution is -2.46. The summed E-state index contributed by atoms with van der Waals surface area (Å²) in [5.74, 6) is -0.259. The molecule has 0 saturated heterocycles. The van der Waals surface area contributed by atoms with Crippen molar-refractivity contribution in [2.24, 2.45) is 11.1 Å². The van der Waals surface area contributed by atoms with Gasteiger partial charge in [0.15, 0.2) is 5.78 Å². The molecule has 1 spiro atoms. The van der Waals surface area contributed by atoms with Gasteiger partial charge in [0.2, 0.25) is 0 Å². The highest BCUT2D eigenvalue weighted by molar-refractivity contribution is 6.25. The van der Waals surface area contributed by atoms with Crippen molar-refractivity contribution < 1.29 is 28.6 Å². The van der Waals surface area contributed by atoms with Crippen LogP contribution in [0.25, 0.3) is 0 Å². The van der Waals surface area contributed by atoms with Gasteiger partial charge in [-0.2, -0.15) is 0 Å². The minimum Gasteiger partial charge on any atom is -0.497 e. The second-order valence-corrected chi connectivity index (χ2v) is 8.29. The second kappa shape index (κ2) is 9.22. The molecule has 0 radical (unpaired) electrons. The minimum absolute atomic E-state index is 0.290. The predicted octanol–water partition coefficient (Wildman–Crippen LogP) is 4.35. The molecule has 2 atom stereocenters. The number of hydrogen-bond donors (Lipinski definition) is 1. The number of carbonyl (C=O) groups excluding carboxylic acids is 2. The van der Waals surface area contributed by atoms with Crippen LogP contribution in [0.3, 0.4) is 0 Å². The van der Waals surface area contributed by atoms with Crippen molar-refractivity contribution in [2.75, 3.05) is 26.1 Å². The average Bonchev–Trinajstić information content (AvgIpc) is 3.45. The molecule has 0 aromatic heterocycles. The molecule has 0 unspecified atom stereocenters. The Labute approximate surface area is 208 Å². The number of anilines is 1. The Bertz CT molecular complexity index is 1380. The van der Waals surface area contributed by atoms with Crippen LogP contribution in [0, 0.1) is 5.92 Å². The van der Waals surface area contributed by atoms with Gasteiger partial charge < -0.3 is 24.4 Å². The Hall–Kier alpha value is -4.59. The van der Waals surface area contributed by atoms with Crippen LogP contribution in [0.4, 0.5) is 5.69 Å². The molecule has 3 aromatic rings. The molecular weight excluding hydrogens is 460 g/mol. The number of Topliss-reactive ketones (excluding diaryl/α,β-unsaturated/α-hetero) is 1. The van der Waals surface area contributed by atoms with Crippen LogP contribution in [-0.2, 0) is 15.2 Å². The first-order chi connectivity index (χ1) is 17.5. The number of rotatable bonds is 8. The Kier molecular flexibility index (Phi) is 5.93. The third kappa shape index (κ3) is 3.58. The molecule has 2 aliphatic rings. The molecule has 0 saturated carbocycles. The Morgan fingerprint density at radius 2 is 1.83 bits per heavy atom. The first kappa shape index (κ1) is 23.2. The van der Waals surface area contributed by atoms with Gasteiger partial charge in [0.25, 0.3) is 11.5 Å². The third-order valence-electron chi connectivity index (χ3n) is 6.33. The van der Waals surface area contributed by atoms with E-state index in [-0.39, 0.29) is 5.78 Å². The van der Waals surface area contributed by atoms with E-state index in [2.05, 4.69) is 17.1 Å². The average molecular weight is 485 g/mol. The predicted molar refractivity (Wildman–Crippen MR) is 134 cm³/mol. The molecule has 1 amide bonds. The zero-order chi connectivity index (χ0) is 25.3. The zero-order valence-corrected chi connectivity index (χ0v) is 19.8. The molecule has 8 nitrogen and oxygen atoms in total. The van der Waals surface area contributed by atoms with Crippen LogP contribution >= 0.6 is 0 Å². The van der Waals surface area contributed by atoms with Gasteiger partial charge in [0, 0.05) is 28.4 Å². The molecule has 0 aliphatic carbocycles. The summed E-state index contributed by atoms with van der Waals surface area (Å²) in [5.41, 5.74) is 0.659. The molecule has 36 heavy (non-hydrogen) atoms. The van der Waals surface area contributed by atoms with Crippen LogP contribution in [0.1, 0.15) is 21.5 Å². The maximum Gasteiger partial charge on any atom is 0.277 e. The van der Waals surface area contributed by atoms with Gasteiger partial charge in [-0.25, -0.2) is 0 Å². The molecule has 2 heterocycles. The van der Waals surface area contributed by atoms with E-state index in [1.807, 2.05) is 0 Å². The van der Waals surface area contributed by atoms with Crippen molar-refractivity contribution in [3.8, 4) is 17.2 Å². The first-order valence-electron chi connectivity index (χ1n) is 11.3. The van der Waals surface area contributed by atoms with E-state index in [1.165, 1.54) is 7.11 Å². The SMILES string of the molecule is C=CCOc1ccc(C(=O)[C@H]2C(c3ccc(OC)cc3OC)=NO[C@@]23C(=O)Nc2ccccc23)cc1. The van der Waals surface area contributed by atoms with Gasteiger partial charge in [-0.15, -0.1) is 0 Å². The lowest BCUT2D eigenvalue weighted by atomic mass is 9.74. The van der Waals surface area contributed by atoms with E-state index >= 15 is 0 Å². The number of benzene rings is 3. The number of ether oxygens (including phenoxy) is 3. The number of nitrogens with zero attached hydrogens (tertiary/aromatic N) is 1. The van der Waals surface area contributed by atoms with Crippen LogP contribution < -0.4 is 19.5 Å². The molecule has 8 heteroatoms. The number of carbonyl (C=O) groups is 2. The quantitative estimate of drug-likeness (QED) is 0.377. The molecule has 2 aliphatic heterocycles. The van der Waals surface area contributed by atoms with E-state index in [9.17, 15) is 9.59 Å². The van der Waals surface area contributed by atoms with Crippen molar-refractivity contribution in [1.82, 2.24) is 0 Å². The number of oxime groups is 1. The van der Waals surface area contributed by atoms with Gasteiger partial charge in [0.1, 0.15) is 35.5 Å². The Morgan fingerprint density at radius 1 is 1.08 bits per heavy atom. The molecule has 3 aromatic carbocycles. The minimum atomic E-state index is -1.66. The number of amides is 1. The van der Waals surface area contributed by atoms with E-state index in [0.29, 0.717) is 51.9 Å². The Balaban J connectivity index is 1.64. The number of fused-ring (bicyclic) bond motifs is 2. The smallest absolute Gasteiger partial charge is 0.277 e. The molecule has 1 N–H and O–H groups in total. The molecule has 5 rings (SSSR count). The summed E-state index contributed by atoms with van der Waals surface area (Å²) >= 11 is 0. The summed E-state index contributed by atoms with van der Waals surface area (Å²) in [7, 11) is 3.06. The fourth-order valence-electron chi connectivity index (χ4n) is 4.61. The third-order valence-corrected chi connectivity index (χ3v) is 6.33. The normalized spacial score (nSPS) is 19.7. The summed E-state index contributed by atoms with van der Waals surface area (Å²) in [5, 5.41) is 7.17. The number of ketones is 1. The van der Waals surface area contributed by atoms with Crippen LogP contribution in [0.15, 0.2) is 84.5 Å². The fraction of sp³-hybridized carbons (Fsp3) is 0.179. The largest absolute Gasteiger partial charge is 0.497 e. The van der Waals surface area contributed by atoms with Crippen molar-refractivity contribution in [3.63, 3.8) is 0 Å². The molecule has 0 bridgehead atoms. The van der Waals surface area contributed by atoms with E-state index in [1.54, 1.807) is 79.9 Å². The first-order valence-corrected chi connectivity index (χ1v) is 11.3. The zero-order valence-electron chi connectivity index (χ0n) is 19.8. The van der Waals surface area contributed by atoms with E-state index < -0.39 is 17.4 Å².